The van der Waals surface area contributed by atoms with E-state index in [2.05, 4.69) is 26.2 Å². The normalized spacial score (nSPS) is 13.4. The predicted molar refractivity (Wildman–Crippen MR) is 89.6 cm³/mol. The van der Waals surface area contributed by atoms with E-state index < -0.39 is 0 Å². The number of aromatic nitrogens is 1. The Morgan fingerprint density at radius 2 is 2.04 bits per heavy atom. The van der Waals surface area contributed by atoms with E-state index in [1.165, 1.54) is 11.3 Å². The van der Waals surface area contributed by atoms with Gasteiger partial charge in [0.15, 0.2) is 5.13 Å². The number of nitrogens with one attached hydrogen (secondary N) is 1. The molecule has 0 saturated carbocycles. The molecule has 3 amide bonds. The lowest BCUT2D eigenvalue weighted by Gasteiger charge is -2.12. The quantitative estimate of drug-likeness (QED) is 0.809. The van der Waals surface area contributed by atoms with Crippen LogP contribution in [-0.4, -0.2) is 34.2 Å². The largest absolute Gasteiger partial charge is 0.302 e. The summed E-state index contributed by atoms with van der Waals surface area (Å²) < 4.78 is 0.733. The highest BCUT2D eigenvalue weighted by Gasteiger charge is 2.35. The molecule has 0 saturated heterocycles. The fourth-order valence-corrected chi connectivity index (χ4v) is 3.34. The van der Waals surface area contributed by atoms with E-state index in [1.54, 1.807) is 18.2 Å². The Hall–Kier alpha value is -2.06. The van der Waals surface area contributed by atoms with Gasteiger partial charge in [0.25, 0.3) is 11.8 Å². The summed E-state index contributed by atoms with van der Waals surface area (Å²) in [4.78, 5) is 41.7. The van der Waals surface area contributed by atoms with Gasteiger partial charge in [0.05, 0.1) is 16.8 Å². The second-order valence-corrected chi connectivity index (χ2v) is 6.82. The van der Waals surface area contributed by atoms with E-state index in [9.17, 15) is 14.4 Å². The third-order valence-electron chi connectivity index (χ3n) is 3.36. The van der Waals surface area contributed by atoms with Crippen LogP contribution < -0.4 is 5.32 Å². The van der Waals surface area contributed by atoms with E-state index in [0.717, 1.165) is 15.1 Å². The predicted octanol–water partition coefficient (Wildman–Crippen LogP) is 2.84. The van der Waals surface area contributed by atoms with Crippen molar-refractivity contribution in [3.05, 3.63) is 44.9 Å². The molecule has 0 spiro atoms. The highest BCUT2D eigenvalue weighted by Crippen LogP contribution is 2.26. The van der Waals surface area contributed by atoms with Crippen LogP contribution in [0.5, 0.6) is 0 Å². The van der Waals surface area contributed by atoms with E-state index in [1.807, 2.05) is 12.3 Å². The number of hydrogen-bond donors (Lipinski definition) is 1. The maximum absolute atomic E-state index is 12.3. The number of halogens is 1. The molecule has 0 fully saturated rings. The lowest BCUT2D eigenvalue weighted by molar-refractivity contribution is -0.116. The third-order valence-corrected chi connectivity index (χ3v) is 4.73. The number of aryl methyl sites for hydroxylation is 1. The van der Waals surface area contributed by atoms with Gasteiger partial charge in [-0.3, -0.25) is 19.3 Å². The molecule has 0 aliphatic carbocycles. The van der Waals surface area contributed by atoms with E-state index in [4.69, 9.17) is 0 Å². The molecule has 1 aliphatic heterocycles. The summed E-state index contributed by atoms with van der Waals surface area (Å²) in [5, 5.41) is 5.00. The summed E-state index contributed by atoms with van der Waals surface area (Å²) in [6.45, 7) is 1.88. The third kappa shape index (κ3) is 3.18. The van der Waals surface area contributed by atoms with Gasteiger partial charge in [0, 0.05) is 22.8 Å². The molecule has 0 atom stereocenters. The summed E-state index contributed by atoms with van der Waals surface area (Å²) in [6, 6.07) is 4.94. The zero-order chi connectivity index (χ0) is 16.6. The lowest BCUT2D eigenvalue weighted by Crippen LogP contribution is -2.32. The van der Waals surface area contributed by atoms with Gasteiger partial charge in [0.1, 0.15) is 0 Å². The number of thiazole rings is 1. The molecule has 1 aromatic heterocycles. The standard InChI is InChI=1S/C15H12BrN3O3S/c1-8-7-23-15(17-8)18-12(20)4-5-19-13(21)10-3-2-9(16)6-11(10)14(19)22/h2-3,6-7H,4-5H2,1H3,(H,17,18,20). The minimum Gasteiger partial charge on any atom is -0.302 e. The van der Waals surface area contributed by atoms with Crippen LogP contribution in [0.1, 0.15) is 32.8 Å². The number of rotatable bonds is 4. The molecule has 8 heteroatoms. The van der Waals surface area contributed by atoms with Gasteiger partial charge in [-0.2, -0.15) is 0 Å². The molecule has 2 aromatic rings. The maximum Gasteiger partial charge on any atom is 0.261 e. The molecule has 0 unspecified atom stereocenters. The molecule has 0 bridgehead atoms. The second-order valence-electron chi connectivity index (χ2n) is 5.04. The zero-order valence-electron chi connectivity index (χ0n) is 12.1. The first-order valence-corrected chi connectivity index (χ1v) is 8.50. The number of hydrogen-bond acceptors (Lipinski definition) is 5. The Labute approximate surface area is 144 Å². The molecular formula is C15H12BrN3O3S. The van der Waals surface area contributed by atoms with Crippen LogP contribution in [0.4, 0.5) is 5.13 Å². The summed E-state index contributed by atoms with van der Waals surface area (Å²) in [5.41, 5.74) is 1.56. The molecule has 118 valence electrons. The molecule has 23 heavy (non-hydrogen) atoms. The zero-order valence-corrected chi connectivity index (χ0v) is 14.5. The van der Waals surface area contributed by atoms with Crippen molar-refractivity contribution in [2.45, 2.75) is 13.3 Å². The van der Waals surface area contributed by atoms with Crippen molar-refractivity contribution in [2.75, 3.05) is 11.9 Å². The van der Waals surface area contributed by atoms with Crippen molar-refractivity contribution in [3.8, 4) is 0 Å². The van der Waals surface area contributed by atoms with Crippen LogP contribution >= 0.6 is 27.3 Å². The minimum absolute atomic E-state index is 0.0330. The van der Waals surface area contributed by atoms with Crippen LogP contribution in [0.3, 0.4) is 0 Å². The van der Waals surface area contributed by atoms with Crippen molar-refractivity contribution in [1.29, 1.82) is 0 Å². The number of carbonyl (C=O) groups is 3. The highest BCUT2D eigenvalue weighted by atomic mass is 79.9. The first-order valence-electron chi connectivity index (χ1n) is 6.83. The molecule has 1 aliphatic rings. The van der Waals surface area contributed by atoms with Gasteiger partial charge < -0.3 is 5.32 Å². The van der Waals surface area contributed by atoms with Gasteiger partial charge in [-0.25, -0.2) is 4.98 Å². The molecule has 1 N–H and O–H groups in total. The topological polar surface area (TPSA) is 79.4 Å². The van der Waals surface area contributed by atoms with Crippen LogP contribution in [0.2, 0.25) is 0 Å². The maximum atomic E-state index is 12.3. The van der Waals surface area contributed by atoms with Crippen molar-refractivity contribution in [1.82, 2.24) is 9.88 Å². The average Bonchev–Trinajstić information content (AvgIpc) is 3.00. The SMILES string of the molecule is Cc1csc(NC(=O)CCN2C(=O)c3ccc(Br)cc3C2=O)n1. The van der Waals surface area contributed by atoms with Crippen molar-refractivity contribution < 1.29 is 14.4 Å². The lowest BCUT2D eigenvalue weighted by atomic mass is 10.1. The molecule has 3 rings (SSSR count). The number of anilines is 1. The second kappa shape index (κ2) is 6.21. The fourth-order valence-electron chi connectivity index (χ4n) is 2.27. The Bertz CT molecular complexity index is 818. The molecule has 6 nitrogen and oxygen atoms in total. The molecular weight excluding hydrogens is 382 g/mol. The Balaban J connectivity index is 1.64. The molecule has 2 heterocycles. The minimum atomic E-state index is -0.371. The van der Waals surface area contributed by atoms with Crippen LogP contribution in [-0.2, 0) is 4.79 Å². The Morgan fingerprint density at radius 3 is 2.74 bits per heavy atom. The number of nitrogens with zero attached hydrogens (tertiary/aromatic N) is 2. The van der Waals surface area contributed by atoms with Gasteiger partial charge in [-0.15, -0.1) is 11.3 Å². The smallest absolute Gasteiger partial charge is 0.261 e. The van der Waals surface area contributed by atoms with Gasteiger partial charge in [-0.05, 0) is 25.1 Å². The van der Waals surface area contributed by atoms with E-state index >= 15 is 0 Å². The van der Waals surface area contributed by atoms with E-state index in [-0.39, 0.29) is 30.7 Å². The first kappa shape index (κ1) is 15.8. The van der Waals surface area contributed by atoms with E-state index in [0.29, 0.717) is 16.3 Å². The Morgan fingerprint density at radius 1 is 1.30 bits per heavy atom. The summed E-state index contributed by atoms with van der Waals surface area (Å²) in [5.74, 6) is -1.02. The summed E-state index contributed by atoms with van der Waals surface area (Å²) >= 11 is 4.61. The van der Waals surface area contributed by atoms with Gasteiger partial charge in [-0.1, -0.05) is 15.9 Å². The van der Waals surface area contributed by atoms with Crippen molar-refractivity contribution in [2.24, 2.45) is 0 Å². The average molecular weight is 394 g/mol. The number of fused-ring (bicyclic) bond motifs is 1. The van der Waals surface area contributed by atoms with Gasteiger partial charge in [0.2, 0.25) is 5.91 Å². The highest BCUT2D eigenvalue weighted by molar-refractivity contribution is 9.10. The van der Waals surface area contributed by atoms with Crippen LogP contribution in [0.25, 0.3) is 0 Å². The van der Waals surface area contributed by atoms with Crippen LogP contribution in [0.15, 0.2) is 28.1 Å². The number of benzene rings is 1. The monoisotopic (exact) mass is 393 g/mol. The number of imide groups is 1. The summed E-state index contributed by atoms with van der Waals surface area (Å²) in [7, 11) is 0. The Kier molecular flexibility index (Phi) is 4.27. The first-order chi connectivity index (χ1) is 11.0. The van der Waals surface area contributed by atoms with Gasteiger partial charge >= 0.3 is 0 Å². The van der Waals surface area contributed by atoms with Crippen molar-refractivity contribution in [3.63, 3.8) is 0 Å². The fraction of sp³-hybridized carbons (Fsp3) is 0.200. The summed E-state index contributed by atoms with van der Waals surface area (Å²) in [6.07, 6.45) is 0.0330. The molecule has 1 aromatic carbocycles. The number of amides is 3. The molecule has 0 radical (unpaired) electrons. The number of carbonyl (C=O) groups excluding carboxylic acids is 3. The van der Waals surface area contributed by atoms with Crippen LogP contribution in [0, 0.1) is 6.92 Å². The van der Waals surface area contributed by atoms with Crippen molar-refractivity contribution >= 4 is 50.1 Å².